The van der Waals surface area contributed by atoms with Crippen LogP contribution in [0.4, 0.5) is 5.69 Å². The predicted molar refractivity (Wildman–Crippen MR) is 111 cm³/mol. The maximum absolute atomic E-state index is 12.6. The highest BCUT2D eigenvalue weighted by Crippen LogP contribution is 2.34. The molecule has 0 radical (unpaired) electrons. The average molecular weight is 434 g/mol. The van der Waals surface area contributed by atoms with Gasteiger partial charge in [0, 0.05) is 17.1 Å². The Morgan fingerprint density at radius 2 is 2.08 bits per heavy atom. The first-order valence-corrected chi connectivity index (χ1v) is 9.60. The molecule has 0 saturated heterocycles. The zero-order valence-electron chi connectivity index (χ0n) is 13.9. The van der Waals surface area contributed by atoms with Crippen molar-refractivity contribution in [2.45, 2.75) is 18.7 Å². The van der Waals surface area contributed by atoms with Crippen molar-refractivity contribution >= 4 is 67.5 Å². The van der Waals surface area contributed by atoms with Crippen molar-refractivity contribution in [1.82, 2.24) is 9.88 Å². The number of carbonyl (C=O) groups is 1. The third-order valence-electron chi connectivity index (χ3n) is 3.76. The van der Waals surface area contributed by atoms with Gasteiger partial charge in [-0.1, -0.05) is 22.0 Å². The quantitative estimate of drug-likeness (QED) is 0.330. The maximum Gasteiger partial charge on any atom is 0.258 e. The number of rotatable bonds is 2. The van der Waals surface area contributed by atoms with E-state index >= 15 is 0 Å². The molecule has 1 heterocycles. The maximum atomic E-state index is 12.6. The van der Waals surface area contributed by atoms with E-state index in [1.807, 2.05) is 31.2 Å². The summed E-state index contributed by atoms with van der Waals surface area (Å²) in [4.78, 5) is 24.0. The van der Waals surface area contributed by atoms with Crippen LogP contribution in [-0.2, 0) is 0 Å². The molecule has 2 aromatic carbocycles. The summed E-state index contributed by atoms with van der Waals surface area (Å²) < 4.78 is 1.95. The van der Waals surface area contributed by atoms with Gasteiger partial charge in [0.2, 0.25) is 0 Å². The van der Waals surface area contributed by atoms with Gasteiger partial charge in [0.15, 0.2) is 0 Å². The molecule has 128 valence electrons. The highest BCUT2D eigenvalue weighted by atomic mass is 79.9. The minimum Gasteiger partial charge on any atom is -0.300 e. The number of amides is 1. The SMILES string of the molecule is CC(=Nc1ccc2sc(C)nc2c1S)N(C)C(=O)c1cccc(Br)c1. The van der Waals surface area contributed by atoms with Gasteiger partial charge < -0.3 is 0 Å². The molecule has 0 atom stereocenters. The Morgan fingerprint density at radius 1 is 1.32 bits per heavy atom. The number of aliphatic imine (C=N–C) groups is 1. The number of aromatic nitrogens is 1. The van der Waals surface area contributed by atoms with Gasteiger partial charge in [-0.05, 0) is 44.2 Å². The van der Waals surface area contributed by atoms with Crippen molar-refractivity contribution in [2.75, 3.05) is 7.05 Å². The van der Waals surface area contributed by atoms with Crippen molar-refractivity contribution in [1.29, 1.82) is 0 Å². The van der Waals surface area contributed by atoms with E-state index in [1.165, 1.54) is 4.90 Å². The van der Waals surface area contributed by atoms with Crippen LogP contribution in [0.25, 0.3) is 10.2 Å². The number of thiol groups is 1. The summed E-state index contributed by atoms with van der Waals surface area (Å²) in [7, 11) is 1.71. The van der Waals surface area contributed by atoms with Crippen molar-refractivity contribution < 1.29 is 4.79 Å². The van der Waals surface area contributed by atoms with E-state index in [4.69, 9.17) is 0 Å². The average Bonchev–Trinajstić information content (AvgIpc) is 2.97. The third kappa shape index (κ3) is 3.78. The van der Waals surface area contributed by atoms with Crippen LogP contribution in [0.15, 0.2) is 50.8 Å². The lowest BCUT2D eigenvalue weighted by Crippen LogP contribution is -2.31. The first kappa shape index (κ1) is 18.1. The molecule has 0 N–H and O–H groups in total. The van der Waals surface area contributed by atoms with Crippen LogP contribution in [0.1, 0.15) is 22.3 Å². The minimum atomic E-state index is -0.117. The lowest BCUT2D eigenvalue weighted by molar-refractivity contribution is 0.0870. The molecule has 0 bridgehead atoms. The molecule has 0 fully saturated rings. The number of amidine groups is 1. The lowest BCUT2D eigenvalue weighted by Gasteiger charge is -2.17. The van der Waals surface area contributed by atoms with Gasteiger partial charge in [-0.2, -0.15) is 0 Å². The minimum absolute atomic E-state index is 0.117. The fourth-order valence-corrected chi connectivity index (χ4v) is 3.99. The summed E-state index contributed by atoms with van der Waals surface area (Å²) in [5.74, 6) is 0.473. The summed E-state index contributed by atoms with van der Waals surface area (Å²) in [5.41, 5.74) is 2.15. The monoisotopic (exact) mass is 433 g/mol. The summed E-state index contributed by atoms with van der Waals surface area (Å²) in [6.07, 6.45) is 0. The second-order valence-corrected chi connectivity index (χ2v) is 8.14. The van der Waals surface area contributed by atoms with Gasteiger partial charge in [0.05, 0.1) is 25.8 Å². The first-order chi connectivity index (χ1) is 11.9. The van der Waals surface area contributed by atoms with E-state index in [1.54, 1.807) is 37.4 Å². The number of fused-ring (bicyclic) bond motifs is 1. The molecule has 3 rings (SSSR count). The van der Waals surface area contributed by atoms with Crippen LogP contribution >= 0.6 is 39.9 Å². The number of halogens is 1. The standard InChI is InChI=1S/C18H16BrN3OS2/c1-10(22(3)18(23)12-5-4-6-13(19)9-12)20-14-7-8-15-16(17(14)24)21-11(2)25-15/h4-9,24H,1-3H3. The topological polar surface area (TPSA) is 45.6 Å². The molecule has 7 heteroatoms. The number of hydrogen-bond acceptors (Lipinski definition) is 5. The molecule has 0 aliphatic rings. The molecule has 1 aromatic heterocycles. The number of nitrogens with zero attached hydrogens (tertiary/aromatic N) is 3. The van der Waals surface area contributed by atoms with Crippen LogP contribution in [-0.4, -0.2) is 28.7 Å². The Bertz CT molecular complexity index is 997. The van der Waals surface area contributed by atoms with Crippen molar-refractivity contribution in [3.8, 4) is 0 Å². The van der Waals surface area contributed by atoms with Crippen LogP contribution in [0.5, 0.6) is 0 Å². The Morgan fingerprint density at radius 3 is 2.80 bits per heavy atom. The van der Waals surface area contributed by atoms with E-state index in [0.717, 1.165) is 24.6 Å². The van der Waals surface area contributed by atoms with E-state index in [2.05, 4.69) is 38.5 Å². The smallest absolute Gasteiger partial charge is 0.258 e. The fraction of sp³-hybridized carbons (Fsp3) is 0.167. The Hall–Kier alpha value is -1.70. The third-order valence-corrected chi connectivity index (χ3v) is 5.63. The van der Waals surface area contributed by atoms with Gasteiger partial charge in [0.1, 0.15) is 5.84 Å². The number of thiazole rings is 1. The highest BCUT2D eigenvalue weighted by Gasteiger charge is 2.15. The molecule has 4 nitrogen and oxygen atoms in total. The van der Waals surface area contributed by atoms with Gasteiger partial charge in [0.25, 0.3) is 5.91 Å². The highest BCUT2D eigenvalue weighted by molar-refractivity contribution is 9.10. The van der Waals surface area contributed by atoms with Crippen LogP contribution < -0.4 is 0 Å². The van der Waals surface area contributed by atoms with Crippen LogP contribution in [0.3, 0.4) is 0 Å². The van der Waals surface area contributed by atoms with Gasteiger partial charge in [-0.15, -0.1) is 24.0 Å². The Labute approximate surface area is 164 Å². The van der Waals surface area contributed by atoms with Crippen molar-refractivity contribution in [2.24, 2.45) is 4.99 Å². The Balaban J connectivity index is 1.92. The van der Waals surface area contributed by atoms with Crippen molar-refractivity contribution in [3.63, 3.8) is 0 Å². The van der Waals surface area contributed by atoms with Crippen LogP contribution in [0.2, 0.25) is 0 Å². The molecule has 25 heavy (non-hydrogen) atoms. The normalized spacial score (nSPS) is 11.8. The van der Waals surface area contributed by atoms with Crippen molar-refractivity contribution in [3.05, 3.63) is 51.4 Å². The van der Waals surface area contributed by atoms with E-state index in [-0.39, 0.29) is 5.91 Å². The molecular weight excluding hydrogens is 418 g/mol. The summed E-state index contributed by atoms with van der Waals surface area (Å²) in [5, 5.41) is 0.991. The molecule has 0 aliphatic carbocycles. The number of benzene rings is 2. The predicted octanol–water partition coefficient (Wildman–Crippen LogP) is 5.48. The first-order valence-electron chi connectivity index (χ1n) is 7.55. The van der Waals surface area contributed by atoms with Gasteiger partial charge in [-0.3, -0.25) is 9.69 Å². The van der Waals surface area contributed by atoms with Crippen LogP contribution in [0, 0.1) is 6.92 Å². The second-order valence-electron chi connectivity index (χ2n) is 5.55. The zero-order valence-corrected chi connectivity index (χ0v) is 17.2. The molecule has 1 amide bonds. The van der Waals surface area contributed by atoms with Gasteiger partial charge in [-0.25, -0.2) is 9.98 Å². The number of hydrogen-bond donors (Lipinski definition) is 1. The van der Waals surface area contributed by atoms with E-state index in [9.17, 15) is 4.79 Å². The summed E-state index contributed by atoms with van der Waals surface area (Å²) in [6.45, 7) is 3.77. The zero-order chi connectivity index (χ0) is 18.1. The molecule has 0 unspecified atom stereocenters. The molecule has 0 aliphatic heterocycles. The summed E-state index contributed by atoms with van der Waals surface area (Å²) in [6, 6.07) is 11.2. The molecule has 3 aromatic rings. The molecular formula is C18H16BrN3OS2. The van der Waals surface area contributed by atoms with Gasteiger partial charge >= 0.3 is 0 Å². The second kappa shape index (κ2) is 7.27. The number of aryl methyl sites for hydroxylation is 1. The Kier molecular flexibility index (Phi) is 5.27. The number of carbonyl (C=O) groups excluding carboxylic acids is 1. The molecule has 0 saturated carbocycles. The largest absolute Gasteiger partial charge is 0.300 e. The fourth-order valence-electron chi connectivity index (χ4n) is 2.38. The summed E-state index contributed by atoms with van der Waals surface area (Å²) >= 11 is 9.60. The van der Waals surface area contributed by atoms with E-state index < -0.39 is 0 Å². The lowest BCUT2D eigenvalue weighted by atomic mass is 10.2. The molecule has 0 spiro atoms. The van der Waals surface area contributed by atoms with E-state index in [0.29, 0.717) is 17.1 Å².